The van der Waals surface area contributed by atoms with Crippen LogP contribution in [0, 0.1) is 25.2 Å². The van der Waals surface area contributed by atoms with E-state index in [-0.39, 0.29) is 11.1 Å². The van der Waals surface area contributed by atoms with E-state index in [0.717, 1.165) is 22.4 Å². The van der Waals surface area contributed by atoms with Gasteiger partial charge < -0.3 is 14.2 Å². The van der Waals surface area contributed by atoms with Crippen molar-refractivity contribution in [1.29, 1.82) is 5.26 Å². The van der Waals surface area contributed by atoms with Crippen molar-refractivity contribution in [2.45, 2.75) is 71.8 Å². The summed E-state index contributed by atoms with van der Waals surface area (Å²) < 4.78 is 12.8. The standard InChI is InChI=1S/C26H33ClN4O2Si/c1-16-9-11-19(12-10-16)24-30-31-25(32-24)23(18(3)33-34(7,8)26(4,5)6)29-21-14-13-20(15-28)22(27)17(21)2/h9-14,18,23,29H,1-8H3/t18-,23-/m1/s1. The van der Waals surface area contributed by atoms with Crippen molar-refractivity contribution in [1.82, 2.24) is 10.2 Å². The van der Waals surface area contributed by atoms with Gasteiger partial charge in [-0.3, -0.25) is 0 Å². The van der Waals surface area contributed by atoms with Crippen LogP contribution in [-0.4, -0.2) is 24.6 Å². The molecule has 34 heavy (non-hydrogen) atoms. The molecular weight excluding hydrogens is 464 g/mol. The molecule has 0 fully saturated rings. The first-order valence-corrected chi connectivity index (χ1v) is 14.7. The van der Waals surface area contributed by atoms with Crippen LogP contribution >= 0.6 is 11.6 Å². The summed E-state index contributed by atoms with van der Waals surface area (Å²) in [5, 5.41) is 22.0. The van der Waals surface area contributed by atoms with Crippen molar-refractivity contribution >= 4 is 25.6 Å². The Morgan fingerprint density at radius 2 is 1.74 bits per heavy atom. The summed E-state index contributed by atoms with van der Waals surface area (Å²) in [5.41, 5.74) is 4.02. The maximum absolute atomic E-state index is 9.31. The largest absolute Gasteiger partial charge is 0.418 e. The molecule has 8 heteroatoms. The van der Waals surface area contributed by atoms with Crippen molar-refractivity contribution in [2.24, 2.45) is 0 Å². The van der Waals surface area contributed by atoms with Gasteiger partial charge in [-0.2, -0.15) is 5.26 Å². The summed E-state index contributed by atoms with van der Waals surface area (Å²) in [6, 6.07) is 13.2. The minimum Gasteiger partial charge on any atom is -0.418 e. The van der Waals surface area contributed by atoms with E-state index in [1.54, 1.807) is 6.07 Å². The van der Waals surface area contributed by atoms with E-state index in [2.05, 4.69) is 55.4 Å². The highest BCUT2D eigenvalue weighted by Crippen LogP contribution is 2.40. The maximum atomic E-state index is 9.31. The summed E-state index contributed by atoms with van der Waals surface area (Å²) in [4.78, 5) is 0. The summed E-state index contributed by atoms with van der Waals surface area (Å²) >= 11 is 6.43. The molecule has 0 aliphatic carbocycles. The normalized spacial score (nSPS) is 13.9. The molecule has 2 aromatic carbocycles. The van der Waals surface area contributed by atoms with Gasteiger partial charge in [0.2, 0.25) is 11.8 Å². The smallest absolute Gasteiger partial charge is 0.247 e. The van der Waals surface area contributed by atoms with Crippen molar-refractivity contribution in [3.8, 4) is 17.5 Å². The topological polar surface area (TPSA) is 84.0 Å². The van der Waals surface area contributed by atoms with Gasteiger partial charge in [0.25, 0.3) is 0 Å². The SMILES string of the molecule is Cc1ccc(-c2nnc([C@H](Nc3ccc(C#N)c(Cl)c3C)[C@@H](C)O[Si](C)(C)C(C)(C)C)o2)cc1. The van der Waals surface area contributed by atoms with Crippen LogP contribution < -0.4 is 5.32 Å². The molecule has 0 aliphatic heterocycles. The minimum absolute atomic E-state index is 0.0430. The lowest BCUT2D eigenvalue weighted by molar-refractivity contribution is 0.166. The molecule has 0 saturated heterocycles. The fourth-order valence-corrected chi connectivity index (χ4v) is 4.98. The summed E-state index contributed by atoms with van der Waals surface area (Å²) in [6.45, 7) is 17.0. The van der Waals surface area contributed by atoms with Crippen molar-refractivity contribution < 1.29 is 8.84 Å². The van der Waals surface area contributed by atoms with Gasteiger partial charge in [-0.1, -0.05) is 50.1 Å². The lowest BCUT2D eigenvalue weighted by Crippen LogP contribution is -2.45. The number of hydrogen-bond acceptors (Lipinski definition) is 6. The van der Waals surface area contributed by atoms with E-state index in [9.17, 15) is 5.26 Å². The van der Waals surface area contributed by atoms with E-state index >= 15 is 0 Å². The molecule has 1 N–H and O–H groups in total. The van der Waals surface area contributed by atoms with Crippen LogP contribution in [0.1, 0.15) is 56.3 Å². The molecule has 3 aromatic rings. The quantitative estimate of drug-likeness (QED) is 0.342. The molecule has 1 aromatic heterocycles. The first-order chi connectivity index (χ1) is 15.8. The number of nitrogens with zero attached hydrogens (tertiary/aromatic N) is 3. The number of anilines is 1. The van der Waals surface area contributed by atoms with E-state index in [0.29, 0.717) is 22.4 Å². The van der Waals surface area contributed by atoms with Gasteiger partial charge in [-0.15, -0.1) is 10.2 Å². The Kier molecular flexibility index (Phi) is 7.56. The zero-order valence-corrected chi connectivity index (χ0v) is 22.9. The number of aromatic nitrogens is 2. The minimum atomic E-state index is -2.08. The third-order valence-electron chi connectivity index (χ3n) is 6.58. The second-order valence-corrected chi connectivity index (χ2v) is 15.4. The zero-order valence-electron chi connectivity index (χ0n) is 21.2. The molecule has 0 unspecified atom stereocenters. The van der Waals surface area contributed by atoms with Gasteiger partial charge in [0.05, 0.1) is 16.7 Å². The lowest BCUT2D eigenvalue weighted by atomic mass is 10.1. The van der Waals surface area contributed by atoms with Crippen molar-refractivity contribution in [2.75, 3.05) is 5.32 Å². The van der Waals surface area contributed by atoms with Crippen LogP contribution in [0.2, 0.25) is 23.2 Å². The van der Waals surface area contributed by atoms with E-state index < -0.39 is 14.4 Å². The Morgan fingerprint density at radius 3 is 2.32 bits per heavy atom. The zero-order chi connectivity index (χ0) is 25.3. The molecule has 0 bridgehead atoms. The third kappa shape index (κ3) is 5.52. The fraction of sp³-hybridized carbons (Fsp3) is 0.423. The van der Waals surface area contributed by atoms with Gasteiger partial charge in [0, 0.05) is 11.3 Å². The van der Waals surface area contributed by atoms with Crippen LogP contribution in [0.3, 0.4) is 0 Å². The molecule has 0 amide bonds. The number of nitrogens with one attached hydrogen (secondary N) is 1. The summed E-state index contributed by atoms with van der Waals surface area (Å²) in [5.74, 6) is 0.887. The fourth-order valence-electron chi connectivity index (χ4n) is 3.36. The predicted molar refractivity (Wildman–Crippen MR) is 139 cm³/mol. The summed E-state index contributed by atoms with van der Waals surface area (Å²) in [6.07, 6.45) is -0.263. The van der Waals surface area contributed by atoms with E-state index in [4.69, 9.17) is 20.4 Å². The van der Waals surface area contributed by atoms with E-state index in [1.165, 1.54) is 0 Å². The number of benzene rings is 2. The summed E-state index contributed by atoms with van der Waals surface area (Å²) in [7, 11) is -2.08. The molecule has 2 atom stereocenters. The molecule has 6 nitrogen and oxygen atoms in total. The number of aryl methyl sites for hydroxylation is 1. The second kappa shape index (κ2) is 9.91. The van der Waals surface area contributed by atoms with Gasteiger partial charge in [0.15, 0.2) is 8.32 Å². The number of hydrogen-bond donors (Lipinski definition) is 1. The number of rotatable bonds is 7. The van der Waals surface area contributed by atoms with Crippen LogP contribution in [0.15, 0.2) is 40.8 Å². The molecule has 180 valence electrons. The molecule has 0 spiro atoms. The Hall–Kier alpha value is -2.66. The maximum Gasteiger partial charge on any atom is 0.247 e. The Bertz CT molecular complexity index is 1190. The molecule has 0 aliphatic rings. The van der Waals surface area contributed by atoms with E-state index in [1.807, 2.05) is 51.1 Å². The first kappa shape index (κ1) is 26.0. The van der Waals surface area contributed by atoms with Crippen molar-refractivity contribution in [3.63, 3.8) is 0 Å². The molecule has 3 rings (SSSR count). The van der Waals surface area contributed by atoms with Crippen molar-refractivity contribution in [3.05, 3.63) is 64.0 Å². The molecule has 1 heterocycles. The average Bonchev–Trinajstić information content (AvgIpc) is 3.24. The second-order valence-electron chi connectivity index (χ2n) is 10.2. The van der Waals surface area contributed by atoms with Gasteiger partial charge in [0.1, 0.15) is 12.1 Å². The van der Waals surface area contributed by atoms with Crippen LogP contribution in [-0.2, 0) is 4.43 Å². The average molecular weight is 497 g/mol. The van der Waals surface area contributed by atoms with Crippen LogP contribution in [0.5, 0.6) is 0 Å². The van der Waals surface area contributed by atoms with Crippen LogP contribution in [0.4, 0.5) is 5.69 Å². The van der Waals surface area contributed by atoms with Gasteiger partial charge >= 0.3 is 0 Å². The monoisotopic (exact) mass is 496 g/mol. The van der Waals surface area contributed by atoms with Crippen LogP contribution in [0.25, 0.3) is 11.5 Å². The highest BCUT2D eigenvalue weighted by molar-refractivity contribution is 6.74. The lowest BCUT2D eigenvalue weighted by Gasteiger charge is -2.40. The first-order valence-electron chi connectivity index (χ1n) is 11.4. The molecular formula is C26H33ClN4O2Si. The highest BCUT2D eigenvalue weighted by Gasteiger charge is 2.41. The highest BCUT2D eigenvalue weighted by atomic mass is 35.5. The molecule has 0 radical (unpaired) electrons. The third-order valence-corrected chi connectivity index (χ3v) is 11.6. The Balaban J connectivity index is 2.00. The molecule has 0 saturated carbocycles. The number of halogens is 1. The Labute approximate surface area is 208 Å². The van der Waals surface area contributed by atoms with Gasteiger partial charge in [-0.25, -0.2) is 0 Å². The Morgan fingerprint density at radius 1 is 1.09 bits per heavy atom. The predicted octanol–water partition coefficient (Wildman–Crippen LogP) is 7.44. The van der Waals surface area contributed by atoms with Gasteiger partial charge in [-0.05, 0) is 68.7 Å². The number of nitriles is 1.